The highest BCUT2D eigenvalue weighted by molar-refractivity contribution is 5.22. The average Bonchev–Trinajstić information content (AvgIpc) is 2.86. The first-order valence-corrected chi connectivity index (χ1v) is 5.64. The molecule has 0 atom stereocenters. The molecule has 0 aromatic carbocycles. The summed E-state index contributed by atoms with van der Waals surface area (Å²) >= 11 is 0. The molecule has 0 spiro atoms. The molecule has 19 heavy (non-hydrogen) atoms. The second-order valence-corrected chi connectivity index (χ2v) is 3.82. The molecule has 0 saturated carbocycles. The van der Waals surface area contributed by atoms with Gasteiger partial charge in [0.05, 0.1) is 23.7 Å². The quantitative estimate of drug-likeness (QED) is 0.921. The van der Waals surface area contributed by atoms with Gasteiger partial charge in [0.25, 0.3) is 0 Å². The summed E-state index contributed by atoms with van der Waals surface area (Å²) in [6.45, 7) is 3.22. The van der Waals surface area contributed by atoms with E-state index in [1.54, 1.807) is 6.20 Å². The van der Waals surface area contributed by atoms with Crippen LogP contribution in [0.2, 0.25) is 0 Å². The Balaban J connectivity index is 2.24. The Morgan fingerprint density at radius 2 is 2.05 bits per heavy atom. The summed E-state index contributed by atoms with van der Waals surface area (Å²) in [5.74, 6) is 0.255. The molecule has 0 radical (unpaired) electrons. The number of alkyl halides is 3. The van der Waals surface area contributed by atoms with Crippen LogP contribution >= 0.6 is 0 Å². The van der Waals surface area contributed by atoms with Gasteiger partial charge in [-0.1, -0.05) is 6.92 Å². The van der Waals surface area contributed by atoms with E-state index in [1.165, 1.54) is 6.20 Å². The Morgan fingerprint density at radius 1 is 1.26 bits per heavy atom. The molecule has 0 fully saturated rings. The lowest BCUT2D eigenvalue weighted by Gasteiger charge is -2.04. The average molecular weight is 271 g/mol. The van der Waals surface area contributed by atoms with E-state index in [9.17, 15) is 13.2 Å². The minimum absolute atomic E-state index is 0.255. The fourth-order valence-electron chi connectivity index (χ4n) is 1.44. The molecular weight excluding hydrogens is 259 g/mol. The third-order valence-electron chi connectivity index (χ3n) is 2.37. The fraction of sp³-hybridized carbons (Fsp3) is 0.364. The predicted molar refractivity (Wildman–Crippen MR) is 61.5 cm³/mol. The molecule has 2 aromatic heterocycles. The second kappa shape index (κ2) is 5.35. The molecule has 0 amide bonds. The molecule has 1 N–H and O–H groups in total. The summed E-state index contributed by atoms with van der Waals surface area (Å²) in [4.78, 5) is 8.12. The Bertz CT molecular complexity index is 549. The molecule has 2 rings (SSSR count). The van der Waals surface area contributed by atoms with Crippen molar-refractivity contribution in [3.8, 4) is 5.82 Å². The van der Waals surface area contributed by atoms with Gasteiger partial charge >= 0.3 is 6.18 Å². The van der Waals surface area contributed by atoms with Gasteiger partial charge in [0.15, 0.2) is 5.82 Å². The maximum absolute atomic E-state index is 12.5. The number of halogens is 3. The second-order valence-electron chi connectivity index (χ2n) is 3.82. The number of nitrogens with one attached hydrogen (secondary N) is 1. The summed E-state index contributed by atoms with van der Waals surface area (Å²) in [7, 11) is 0. The molecule has 0 saturated heterocycles. The van der Waals surface area contributed by atoms with Crippen molar-refractivity contribution in [1.82, 2.24) is 25.1 Å². The van der Waals surface area contributed by atoms with Gasteiger partial charge in [0.1, 0.15) is 0 Å². The highest BCUT2D eigenvalue weighted by atomic mass is 19.4. The lowest BCUT2D eigenvalue weighted by molar-refractivity contribution is -0.137. The van der Waals surface area contributed by atoms with Crippen LogP contribution in [0.5, 0.6) is 0 Å². The zero-order valence-corrected chi connectivity index (χ0v) is 10.1. The smallest absolute Gasteiger partial charge is 0.311 e. The van der Waals surface area contributed by atoms with E-state index < -0.39 is 11.7 Å². The number of aromatic nitrogens is 4. The fourth-order valence-corrected chi connectivity index (χ4v) is 1.44. The van der Waals surface area contributed by atoms with Crippen molar-refractivity contribution in [2.45, 2.75) is 19.6 Å². The summed E-state index contributed by atoms with van der Waals surface area (Å²) in [5.41, 5.74) is -0.171. The van der Waals surface area contributed by atoms with E-state index in [2.05, 4.69) is 20.4 Å². The third-order valence-corrected chi connectivity index (χ3v) is 2.37. The lowest BCUT2D eigenvalue weighted by atomic mass is 10.3. The van der Waals surface area contributed by atoms with Gasteiger partial charge in [-0.15, -0.1) is 0 Å². The van der Waals surface area contributed by atoms with Gasteiger partial charge in [-0.3, -0.25) is 4.98 Å². The van der Waals surface area contributed by atoms with Crippen molar-refractivity contribution >= 4 is 0 Å². The molecule has 0 aliphatic rings. The Kier molecular flexibility index (Phi) is 3.79. The molecule has 5 nitrogen and oxygen atoms in total. The minimum Gasteiger partial charge on any atom is -0.311 e. The molecule has 0 aliphatic heterocycles. The zero-order valence-electron chi connectivity index (χ0n) is 10.1. The molecule has 0 unspecified atom stereocenters. The SMILES string of the molecule is CCNCc1cncc(-n2cc(C(F)(F)F)cn2)n1. The maximum atomic E-state index is 12.5. The van der Waals surface area contributed by atoms with Gasteiger partial charge in [-0.2, -0.15) is 18.3 Å². The molecule has 2 heterocycles. The zero-order chi connectivity index (χ0) is 13.9. The molecular formula is C11H12F3N5. The molecule has 0 bridgehead atoms. The highest BCUT2D eigenvalue weighted by Crippen LogP contribution is 2.28. The Hall–Kier alpha value is -1.96. The Labute approximate surface area is 107 Å². The van der Waals surface area contributed by atoms with Gasteiger partial charge in [0.2, 0.25) is 0 Å². The Morgan fingerprint density at radius 3 is 2.68 bits per heavy atom. The van der Waals surface area contributed by atoms with Crippen molar-refractivity contribution in [3.63, 3.8) is 0 Å². The van der Waals surface area contributed by atoms with Crippen molar-refractivity contribution in [3.05, 3.63) is 36.0 Å². The van der Waals surface area contributed by atoms with E-state index >= 15 is 0 Å². The van der Waals surface area contributed by atoms with Gasteiger partial charge < -0.3 is 5.32 Å². The first kappa shape index (κ1) is 13.5. The van der Waals surface area contributed by atoms with Crippen LogP contribution < -0.4 is 5.32 Å². The number of nitrogens with zero attached hydrogens (tertiary/aromatic N) is 4. The van der Waals surface area contributed by atoms with E-state index in [0.717, 1.165) is 23.6 Å². The van der Waals surface area contributed by atoms with E-state index in [1.807, 2.05) is 6.92 Å². The van der Waals surface area contributed by atoms with Crippen molar-refractivity contribution < 1.29 is 13.2 Å². The molecule has 8 heteroatoms. The molecule has 2 aromatic rings. The van der Waals surface area contributed by atoms with E-state index in [-0.39, 0.29) is 5.82 Å². The lowest BCUT2D eigenvalue weighted by Crippen LogP contribution is -2.14. The summed E-state index contributed by atoms with van der Waals surface area (Å²) < 4.78 is 38.5. The van der Waals surface area contributed by atoms with Gasteiger partial charge in [0, 0.05) is 18.9 Å². The first-order valence-electron chi connectivity index (χ1n) is 5.64. The van der Waals surface area contributed by atoms with Crippen molar-refractivity contribution in [1.29, 1.82) is 0 Å². The third kappa shape index (κ3) is 3.28. The monoisotopic (exact) mass is 271 g/mol. The van der Waals surface area contributed by atoms with Gasteiger partial charge in [-0.05, 0) is 6.54 Å². The van der Waals surface area contributed by atoms with Crippen LogP contribution in [0.3, 0.4) is 0 Å². The van der Waals surface area contributed by atoms with Crippen LogP contribution in [0.15, 0.2) is 24.8 Å². The summed E-state index contributed by atoms with van der Waals surface area (Å²) in [6, 6.07) is 0. The van der Waals surface area contributed by atoms with Gasteiger partial charge in [-0.25, -0.2) is 9.67 Å². The van der Waals surface area contributed by atoms with Crippen LogP contribution in [0, 0.1) is 0 Å². The summed E-state index contributed by atoms with van der Waals surface area (Å²) in [6.07, 6.45) is 0.162. The molecule has 0 aliphatic carbocycles. The van der Waals surface area contributed by atoms with E-state index in [4.69, 9.17) is 0 Å². The van der Waals surface area contributed by atoms with Crippen LogP contribution in [-0.4, -0.2) is 26.3 Å². The van der Waals surface area contributed by atoms with Crippen LogP contribution in [0.4, 0.5) is 13.2 Å². The number of hydrogen-bond donors (Lipinski definition) is 1. The molecule has 102 valence electrons. The van der Waals surface area contributed by atoms with Crippen LogP contribution in [-0.2, 0) is 12.7 Å². The minimum atomic E-state index is -4.41. The number of rotatable bonds is 4. The topological polar surface area (TPSA) is 55.6 Å². The standard InChI is InChI=1S/C11H12F3N5/c1-2-15-4-9-5-16-6-10(18-9)19-7-8(3-17-19)11(12,13)14/h3,5-7,15H,2,4H2,1H3. The first-order chi connectivity index (χ1) is 9.00. The normalized spacial score (nSPS) is 11.8. The summed E-state index contributed by atoms with van der Waals surface area (Å²) in [5, 5.41) is 6.71. The largest absolute Gasteiger partial charge is 0.419 e. The van der Waals surface area contributed by atoms with Crippen LogP contribution in [0.1, 0.15) is 18.2 Å². The highest BCUT2D eigenvalue weighted by Gasteiger charge is 2.32. The van der Waals surface area contributed by atoms with Crippen LogP contribution in [0.25, 0.3) is 5.82 Å². The van der Waals surface area contributed by atoms with Crippen molar-refractivity contribution in [2.75, 3.05) is 6.54 Å². The maximum Gasteiger partial charge on any atom is 0.419 e. The van der Waals surface area contributed by atoms with E-state index in [0.29, 0.717) is 12.2 Å². The van der Waals surface area contributed by atoms with Crippen molar-refractivity contribution in [2.24, 2.45) is 0 Å². The number of hydrogen-bond acceptors (Lipinski definition) is 4. The predicted octanol–water partition coefficient (Wildman–Crippen LogP) is 1.79.